The third-order valence-corrected chi connectivity index (χ3v) is 4.71. The number of hydrogen-bond acceptors (Lipinski definition) is 5. The number of alkyl halides is 2. The molecule has 0 bridgehead atoms. The normalized spacial score (nSPS) is 11.1. The van der Waals surface area contributed by atoms with Crippen molar-refractivity contribution in [2.75, 3.05) is 5.75 Å². The molecule has 3 aromatic rings. The van der Waals surface area contributed by atoms with Gasteiger partial charge in [0.15, 0.2) is 10.9 Å². The zero-order valence-corrected chi connectivity index (χ0v) is 14.5. The number of ketones is 1. The van der Waals surface area contributed by atoms with Crippen LogP contribution < -0.4 is 10.3 Å². The largest absolute Gasteiger partial charge is 0.434 e. The lowest BCUT2D eigenvalue weighted by atomic mass is 10.1. The molecule has 0 N–H and O–H groups in total. The van der Waals surface area contributed by atoms with Crippen LogP contribution in [-0.4, -0.2) is 27.7 Å². The summed E-state index contributed by atoms with van der Waals surface area (Å²) >= 11 is 1.07. The average Bonchev–Trinajstić information content (AvgIpc) is 2.63. The lowest BCUT2D eigenvalue weighted by Crippen LogP contribution is -2.20. The van der Waals surface area contributed by atoms with Crippen molar-refractivity contribution in [2.45, 2.75) is 11.8 Å². The number of Topliss-reactive ketones (excluding diaryl/α,β-unsaturated/α-hetero) is 1. The van der Waals surface area contributed by atoms with Gasteiger partial charge in [-0.15, -0.1) is 0 Å². The number of carbonyl (C=O) groups excluding carboxylic acids is 1. The molecule has 0 saturated heterocycles. The van der Waals surface area contributed by atoms with Gasteiger partial charge in [-0.25, -0.2) is 4.98 Å². The number of thioether (sulfide) groups is 1. The number of halogens is 2. The van der Waals surface area contributed by atoms with Gasteiger partial charge >= 0.3 is 6.61 Å². The average molecular weight is 376 g/mol. The topological polar surface area (TPSA) is 61.2 Å². The van der Waals surface area contributed by atoms with E-state index < -0.39 is 12.4 Å². The summed E-state index contributed by atoms with van der Waals surface area (Å²) in [4.78, 5) is 29.2. The zero-order chi connectivity index (χ0) is 18.7. The van der Waals surface area contributed by atoms with E-state index in [1.54, 1.807) is 37.4 Å². The molecule has 0 atom stereocenters. The fourth-order valence-corrected chi connectivity index (χ4v) is 3.29. The van der Waals surface area contributed by atoms with E-state index in [0.29, 0.717) is 16.1 Å². The molecule has 0 fully saturated rings. The summed E-state index contributed by atoms with van der Waals surface area (Å²) in [6.45, 7) is -3.01. The number of aromatic nitrogens is 2. The molecule has 8 heteroatoms. The van der Waals surface area contributed by atoms with E-state index in [1.165, 1.54) is 22.8 Å². The summed E-state index contributed by atoms with van der Waals surface area (Å²) in [6.07, 6.45) is 0. The lowest BCUT2D eigenvalue weighted by Gasteiger charge is -2.11. The summed E-state index contributed by atoms with van der Waals surface area (Å²) in [5.41, 5.74) is 0.380. The number of benzene rings is 2. The Morgan fingerprint density at radius 1 is 1.19 bits per heavy atom. The molecular formula is C18H14F2N2O3S. The predicted octanol–water partition coefficient (Wildman–Crippen LogP) is 3.51. The van der Waals surface area contributed by atoms with E-state index in [-0.39, 0.29) is 22.6 Å². The molecule has 5 nitrogen and oxygen atoms in total. The van der Waals surface area contributed by atoms with Crippen LogP contribution in [-0.2, 0) is 7.05 Å². The Balaban J connectivity index is 1.84. The molecule has 26 heavy (non-hydrogen) atoms. The molecule has 0 spiro atoms. The van der Waals surface area contributed by atoms with Gasteiger partial charge in [-0.05, 0) is 24.3 Å². The van der Waals surface area contributed by atoms with Gasteiger partial charge < -0.3 is 4.74 Å². The van der Waals surface area contributed by atoms with Gasteiger partial charge in [0.1, 0.15) is 5.75 Å². The third-order valence-electron chi connectivity index (χ3n) is 3.68. The fourth-order valence-electron chi connectivity index (χ4n) is 2.43. The predicted molar refractivity (Wildman–Crippen MR) is 95.1 cm³/mol. The third kappa shape index (κ3) is 3.75. The molecule has 0 aliphatic rings. The maximum Gasteiger partial charge on any atom is 0.387 e. The van der Waals surface area contributed by atoms with E-state index in [4.69, 9.17) is 0 Å². The highest BCUT2D eigenvalue weighted by molar-refractivity contribution is 7.99. The molecule has 0 saturated carbocycles. The van der Waals surface area contributed by atoms with Crippen LogP contribution in [0.3, 0.4) is 0 Å². The summed E-state index contributed by atoms with van der Waals surface area (Å²) in [6, 6.07) is 12.7. The molecule has 1 aromatic heterocycles. The molecule has 0 amide bonds. The van der Waals surface area contributed by atoms with Crippen LogP contribution in [0.2, 0.25) is 0 Å². The molecular weight excluding hydrogens is 362 g/mol. The second kappa shape index (κ2) is 7.65. The molecule has 0 unspecified atom stereocenters. The van der Waals surface area contributed by atoms with Gasteiger partial charge in [0.2, 0.25) is 0 Å². The maximum atomic E-state index is 12.5. The van der Waals surface area contributed by atoms with E-state index in [1.807, 2.05) is 0 Å². The Labute approximate surface area is 151 Å². The van der Waals surface area contributed by atoms with Crippen LogP contribution >= 0.6 is 11.8 Å². The van der Waals surface area contributed by atoms with Crippen molar-refractivity contribution in [2.24, 2.45) is 7.05 Å². The first-order valence-electron chi connectivity index (χ1n) is 7.63. The number of para-hydroxylation sites is 2. The van der Waals surface area contributed by atoms with E-state index in [9.17, 15) is 18.4 Å². The van der Waals surface area contributed by atoms with Crippen molar-refractivity contribution in [3.8, 4) is 5.75 Å². The molecule has 0 aliphatic heterocycles. The van der Waals surface area contributed by atoms with E-state index in [0.717, 1.165) is 11.8 Å². The second-order valence-corrected chi connectivity index (χ2v) is 6.30. The first-order valence-corrected chi connectivity index (χ1v) is 8.61. The van der Waals surface area contributed by atoms with Crippen molar-refractivity contribution in [1.82, 2.24) is 9.55 Å². The minimum absolute atomic E-state index is 0.0612. The Bertz CT molecular complexity index is 1020. The number of fused-ring (bicyclic) bond motifs is 1. The summed E-state index contributed by atoms with van der Waals surface area (Å²) < 4.78 is 30.7. The van der Waals surface area contributed by atoms with E-state index in [2.05, 4.69) is 9.72 Å². The van der Waals surface area contributed by atoms with Gasteiger partial charge in [-0.1, -0.05) is 36.0 Å². The SMILES string of the molecule is Cn1c(SCC(=O)c2ccccc2OC(F)F)nc2ccccc2c1=O. The van der Waals surface area contributed by atoms with Crippen molar-refractivity contribution < 1.29 is 18.3 Å². The Morgan fingerprint density at radius 2 is 1.88 bits per heavy atom. The molecule has 3 rings (SSSR count). The van der Waals surface area contributed by atoms with E-state index >= 15 is 0 Å². The van der Waals surface area contributed by atoms with Crippen molar-refractivity contribution in [3.05, 3.63) is 64.4 Å². The van der Waals surface area contributed by atoms with Gasteiger partial charge in [-0.3, -0.25) is 14.2 Å². The minimum Gasteiger partial charge on any atom is -0.434 e. The van der Waals surface area contributed by atoms with Crippen molar-refractivity contribution >= 4 is 28.4 Å². The summed E-state index contributed by atoms with van der Waals surface area (Å²) in [5.74, 6) is -0.635. The number of carbonyl (C=O) groups is 1. The van der Waals surface area contributed by atoms with Crippen LogP contribution in [0, 0.1) is 0 Å². The second-order valence-electron chi connectivity index (χ2n) is 5.36. The monoisotopic (exact) mass is 376 g/mol. The summed E-state index contributed by atoms with van der Waals surface area (Å²) in [5, 5.41) is 0.857. The van der Waals surface area contributed by atoms with Crippen LogP contribution in [0.5, 0.6) is 5.75 Å². The van der Waals surface area contributed by atoms with Crippen LogP contribution in [0.1, 0.15) is 10.4 Å². The standard InChI is InChI=1S/C18H14F2N2O3S/c1-22-16(24)11-6-2-4-8-13(11)21-18(22)26-10-14(23)12-7-3-5-9-15(12)25-17(19)20/h2-9,17H,10H2,1H3. The Hall–Kier alpha value is -2.74. The molecule has 1 heterocycles. The van der Waals surface area contributed by atoms with Gasteiger partial charge in [0, 0.05) is 7.05 Å². The first-order chi connectivity index (χ1) is 12.5. The number of rotatable bonds is 6. The Kier molecular flexibility index (Phi) is 5.32. The van der Waals surface area contributed by atoms with Crippen molar-refractivity contribution in [3.63, 3.8) is 0 Å². The summed E-state index contributed by atoms with van der Waals surface area (Å²) in [7, 11) is 1.57. The van der Waals surface area contributed by atoms with Gasteiger partial charge in [0.25, 0.3) is 5.56 Å². The highest BCUT2D eigenvalue weighted by Crippen LogP contribution is 2.24. The van der Waals surface area contributed by atoms with Crippen LogP contribution in [0.25, 0.3) is 10.9 Å². The minimum atomic E-state index is -3.01. The maximum absolute atomic E-state index is 12.5. The highest BCUT2D eigenvalue weighted by atomic mass is 32.2. The smallest absolute Gasteiger partial charge is 0.387 e. The quantitative estimate of drug-likeness (QED) is 0.374. The van der Waals surface area contributed by atoms with Crippen LogP contribution in [0.4, 0.5) is 8.78 Å². The number of nitrogens with zero attached hydrogens (tertiary/aromatic N) is 2. The van der Waals surface area contributed by atoms with Gasteiger partial charge in [0.05, 0.1) is 22.2 Å². The molecule has 0 radical (unpaired) electrons. The lowest BCUT2D eigenvalue weighted by molar-refractivity contribution is -0.0501. The number of ether oxygens (including phenoxy) is 1. The van der Waals surface area contributed by atoms with Crippen molar-refractivity contribution in [1.29, 1.82) is 0 Å². The molecule has 134 valence electrons. The van der Waals surface area contributed by atoms with Gasteiger partial charge in [-0.2, -0.15) is 8.78 Å². The fraction of sp³-hybridized carbons (Fsp3) is 0.167. The Morgan fingerprint density at radius 3 is 2.65 bits per heavy atom. The molecule has 0 aliphatic carbocycles. The number of hydrogen-bond donors (Lipinski definition) is 0. The van der Waals surface area contributed by atoms with Crippen LogP contribution in [0.15, 0.2) is 58.5 Å². The highest BCUT2D eigenvalue weighted by Gasteiger charge is 2.17. The molecule has 2 aromatic carbocycles. The zero-order valence-electron chi connectivity index (χ0n) is 13.7. The first kappa shape index (κ1) is 18.1.